The Morgan fingerprint density at radius 1 is 1.05 bits per heavy atom. The highest BCUT2D eigenvalue weighted by Crippen LogP contribution is 2.27. The number of hydrogen-bond donors (Lipinski definition) is 1. The van der Waals surface area contributed by atoms with Gasteiger partial charge >= 0.3 is 0 Å². The molecule has 0 heterocycles. The molecule has 0 bridgehead atoms. The summed E-state index contributed by atoms with van der Waals surface area (Å²) in [6.07, 6.45) is 0. The Labute approximate surface area is 130 Å². The van der Waals surface area contributed by atoms with Crippen LogP contribution in [0.2, 0.25) is 0 Å². The molecule has 0 aliphatic heterocycles. The number of ether oxygens (including phenoxy) is 1. The smallest absolute Gasteiger partial charge is 0.142 e. The maximum atomic E-state index is 5.38. The first-order valence-corrected chi connectivity index (χ1v) is 7.51. The highest BCUT2D eigenvalue weighted by molar-refractivity contribution is 9.13. The fraction of sp³-hybridized carbons (Fsp3) is 0.200. The van der Waals surface area contributed by atoms with Crippen molar-refractivity contribution in [3.8, 4) is 5.75 Å². The van der Waals surface area contributed by atoms with Crippen LogP contribution in [0.25, 0.3) is 0 Å². The number of halogens is 2. The molecule has 0 aromatic heterocycles. The van der Waals surface area contributed by atoms with E-state index in [0.717, 1.165) is 26.9 Å². The summed E-state index contributed by atoms with van der Waals surface area (Å²) in [5.74, 6) is 0.871. The molecule has 0 radical (unpaired) electrons. The van der Waals surface area contributed by atoms with Gasteiger partial charge < -0.3 is 10.1 Å². The number of nitrogens with one attached hydrogen (secondary N) is 1. The molecule has 0 amide bonds. The lowest BCUT2D eigenvalue weighted by Crippen LogP contribution is -2.01. The van der Waals surface area contributed by atoms with Crippen LogP contribution >= 0.6 is 31.9 Å². The SMILES string of the molecule is COc1cc(C)ccc1NCc1ccc(Br)c(Br)c1. The van der Waals surface area contributed by atoms with Crippen LogP contribution in [0.1, 0.15) is 11.1 Å². The molecule has 0 spiro atoms. The zero-order valence-electron chi connectivity index (χ0n) is 10.8. The Morgan fingerprint density at radius 2 is 1.84 bits per heavy atom. The fourth-order valence-electron chi connectivity index (χ4n) is 1.79. The van der Waals surface area contributed by atoms with E-state index in [2.05, 4.69) is 62.3 Å². The third-order valence-electron chi connectivity index (χ3n) is 2.82. The van der Waals surface area contributed by atoms with E-state index in [9.17, 15) is 0 Å². The van der Waals surface area contributed by atoms with Crippen molar-refractivity contribution in [3.63, 3.8) is 0 Å². The molecule has 0 saturated carbocycles. The average molecular weight is 385 g/mol. The lowest BCUT2D eigenvalue weighted by molar-refractivity contribution is 0.416. The van der Waals surface area contributed by atoms with E-state index in [1.165, 1.54) is 11.1 Å². The normalized spacial score (nSPS) is 10.3. The minimum atomic E-state index is 0.755. The lowest BCUT2D eigenvalue weighted by Gasteiger charge is -2.12. The highest BCUT2D eigenvalue weighted by Gasteiger charge is 2.04. The van der Waals surface area contributed by atoms with E-state index < -0.39 is 0 Å². The van der Waals surface area contributed by atoms with Gasteiger partial charge in [0.25, 0.3) is 0 Å². The maximum absolute atomic E-state index is 5.38. The highest BCUT2D eigenvalue weighted by atomic mass is 79.9. The van der Waals surface area contributed by atoms with Crippen molar-refractivity contribution < 1.29 is 4.74 Å². The van der Waals surface area contributed by atoms with Gasteiger partial charge in [-0.1, -0.05) is 12.1 Å². The van der Waals surface area contributed by atoms with E-state index in [0.29, 0.717) is 0 Å². The van der Waals surface area contributed by atoms with Gasteiger partial charge in [0, 0.05) is 15.5 Å². The summed E-state index contributed by atoms with van der Waals surface area (Å²) in [6.45, 7) is 2.81. The van der Waals surface area contributed by atoms with Gasteiger partial charge in [0.15, 0.2) is 0 Å². The monoisotopic (exact) mass is 383 g/mol. The Morgan fingerprint density at radius 3 is 2.53 bits per heavy atom. The quantitative estimate of drug-likeness (QED) is 0.787. The maximum Gasteiger partial charge on any atom is 0.142 e. The lowest BCUT2D eigenvalue weighted by atomic mass is 10.2. The zero-order chi connectivity index (χ0) is 13.8. The van der Waals surface area contributed by atoms with Crippen molar-refractivity contribution >= 4 is 37.5 Å². The van der Waals surface area contributed by atoms with E-state index in [1.807, 2.05) is 18.2 Å². The second kappa shape index (κ2) is 6.44. The van der Waals surface area contributed by atoms with E-state index in [4.69, 9.17) is 4.74 Å². The van der Waals surface area contributed by atoms with Crippen molar-refractivity contribution in [1.82, 2.24) is 0 Å². The molecule has 0 unspecified atom stereocenters. The Kier molecular flexibility index (Phi) is 4.88. The molecule has 0 aliphatic rings. The molecule has 0 fully saturated rings. The van der Waals surface area contributed by atoms with Crippen LogP contribution in [0.15, 0.2) is 45.3 Å². The molecule has 2 nitrogen and oxygen atoms in total. The summed E-state index contributed by atoms with van der Waals surface area (Å²) in [7, 11) is 1.69. The fourth-order valence-corrected chi connectivity index (χ4v) is 2.46. The van der Waals surface area contributed by atoms with Gasteiger partial charge in [-0.05, 0) is 74.2 Å². The van der Waals surface area contributed by atoms with E-state index in [1.54, 1.807) is 7.11 Å². The minimum absolute atomic E-state index is 0.755. The average Bonchev–Trinajstić information content (AvgIpc) is 2.41. The third kappa shape index (κ3) is 3.74. The third-order valence-corrected chi connectivity index (χ3v) is 4.70. The first-order chi connectivity index (χ1) is 9.10. The van der Waals surface area contributed by atoms with Crippen LogP contribution < -0.4 is 10.1 Å². The first kappa shape index (κ1) is 14.4. The van der Waals surface area contributed by atoms with Crippen LogP contribution in [0.4, 0.5) is 5.69 Å². The second-order valence-electron chi connectivity index (χ2n) is 4.31. The number of rotatable bonds is 4. The molecule has 2 rings (SSSR count). The van der Waals surface area contributed by atoms with Crippen LogP contribution in [0, 0.1) is 6.92 Å². The summed E-state index contributed by atoms with van der Waals surface area (Å²) in [4.78, 5) is 0. The second-order valence-corrected chi connectivity index (χ2v) is 6.01. The van der Waals surface area contributed by atoms with Crippen LogP contribution in [-0.4, -0.2) is 7.11 Å². The van der Waals surface area contributed by atoms with E-state index in [-0.39, 0.29) is 0 Å². The van der Waals surface area contributed by atoms with Gasteiger partial charge in [0.1, 0.15) is 5.75 Å². The summed E-state index contributed by atoms with van der Waals surface area (Å²) in [5, 5.41) is 3.39. The molecular formula is C15H15Br2NO. The number of hydrogen-bond acceptors (Lipinski definition) is 2. The molecule has 100 valence electrons. The minimum Gasteiger partial charge on any atom is -0.495 e. The Balaban J connectivity index is 2.12. The standard InChI is InChI=1S/C15H15Br2NO/c1-10-3-6-14(15(7-10)19-2)18-9-11-4-5-12(16)13(17)8-11/h3-8,18H,9H2,1-2H3. The summed E-state index contributed by atoms with van der Waals surface area (Å²) < 4.78 is 7.50. The summed E-state index contributed by atoms with van der Waals surface area (Å²) in [5.41, 5.74) is 3.40. The molecular weight excluding hydrogens is 370 g/mol. The first-order valence-electron chi connectivity index (χ1n) is 5.92. The van der Waals surface area contributed by atoms with Crippen molar-refractivity contribution in [2.45, 2.75) is 13.5 Å². The molecule has 2 aromatic rings. The van der Waals surface area contributed by atoms with Gasteiger partial charge in [-0.2, -0.15) is 0 Å². The summed E-state index contributed by atoms with van der Waals surface area (Å²) in [6, 6.07) is 12.4. The van der Waals surface area contributed by atoms with Gasteiger partial charge in [-0.3, -0.25) is 0 Å². The molecule has 0 atom stereocenters. The predicted molar refractivity (Wildman–Crippen MR) is 86.9 cm³/mol. The van der Waals surface area contributed by atoms with Crippen molar-refractivity contribution in [2.24, 2.45) is 0 Å². The summed E-state index contributed by atoms with van der Waals surface area (Å²) >= 11 is 6.98. The number of methoxy groups -OCH3 is 1. The van der Waals surface area contributed by atoms with E-state index >= 15 is 0 Å². The van der Waals surface area contributed by atoms with Crippen molar-refractivity contribution in [2.75, 3.05) is 12.4 Å². The number of aryl methyl sites for hydroxylation is 1. The Bertz CT molecular complexity index is 584. The molecule has 1 N–H and O–H groups in total. The molecule has 2 aromatic carbocycles. The van der Waals surface area contributed by atoms with Gasteiger partial charge in [-0.15, -0.1) is 0 Å². The largest absolute Gasteiger partial charge is 0.495 e. The Hall–Kier alpha value is -1.000. The van der Waals surface area contributed by atoms with Crippen LogP contribution in [0.5, 0.6) is 5.75 Å². The van der Waals surface area contributed by atoms with Gasteiger partial charge in [0.05, 0.1) is 12.8 Å². The van der Waals surface area contributed by atoms with Crippen molar-refractivity contribution in [3.05, 3.63) is 56.5 Å². The molecule has 0 saturated heterocycles. The number of anilines is 1. The van der Waals surface area contributed by atoms with Gasteiger partial charge in [0.2, 0.25) is 0 Å². The number of benzene rings is 2. The van der Waals surface area contributed by atoms with Crippen LogP contribution in [0.3, 0.4) is 0 Å². The predicted octanol–water partition coefficient (Wildman–Crippen LogP) is 5.14. The topological polar surface area (TPSA) is 21.3 Å². The molecule has 4 heteroatoms. The van der Waals surface area contributed by atoms with Crippen molar-refractivity contribution in [1.29, 1.82) is 0 Å². The molecule has 19 heavy (non-hydrogen) atoms. The van der Waals surface area contributed by atoms with Crippen LogP contribution in [-0.2, 0) is 6.54 Å². The zero-order valence-corrected chi connectivity index (χ0v) is 14.0. The molecule has 0 aliphatic carbocycles. The van der Waals surface area contributed by atoms with Gasteiger partial charge in [-0.25, -0.2) is 0 Å².